The molecular formula is C11H13Cl3HfN2. The zero-order valence-electron chi connectivity index (χ0n) is 9.65. The third-order valence-corrected chi connectivity index (χ3v) is 2.41. The molecule has 0 atom stereocenters. The Kier molecular flexibility index (Phi) is 13.8. The van der Waals surface area contributed by atoms with Crippen LogP contribution in [0.5, 0.6) is 0 Å². The molecule has 0 bridgehead atoms. The number of aromatic nitrogens is 2. The molecule has 0 aliphatic rings. The number of aryl methyl sites for hydroxylation is 2. The zero-order valence-corrected chi connectivity index (χ0v) is 15.5. The first-order valence-corrected chi connectivity index (χ1v) is 4.72. The number of hydrogen-bond acceptors (Lipinski definition) is 1. The summed E-state index contributed by atoms with van der Waals surface area (Å²) >= 11 is 0. The standard InChI is InChI=1S/C11H13N2.3ClH.Hf/c1-3-8-5-9(4-2)11-10(6-8)7-12-13-11;;;;/h5-6H,3-4H2,1-2H3,(H,12,13);3*1H;/q-1;;;;+4/p-3. The Morgan fingerprint density at radius 1 is 1.12 bits per heavy atom. The van der Waals surface area contributed by atoms with Gasteiger partial charge in [-0.2, -0.15) is 6.07 Å². The van der Waals surface area contributed by atoms with Crippen LogP contribution in [0.1, 0.15) is 25.0 Å². The number of rotatable bonds is 2. The van der Waals surface area contributed by atoms with E-state index in [0.29, 0.717) is 0 Å². The molecule has 0 fully saturated rings. The quantitative estimate of drug-likeness (QED) is 0.352. The first kappa shape index (κ1) is 22.6. The van der Waals surface area contributed by atoms with Gasteiger partial charge in [0.2, 0.25) is 0 Å². The second-order valence-corrected chi connectivity index (χ2v) is 3.22. The van der Waals surface area contributed by atoms with Gasteiger partial charge in [0.05, 0.1) is 0 Å². The Bertz CT molecular complexity index is 432. The Balaban J connectivity index is -0.000000490. The van der Waals surface area contributed by atoms with E-state index < -0.39 is 0 Å². The second kappa shape index (κ2) is 10.4. The Morgan fingerprint density at radius 2 is 1.76 bits per heavy atom. The molecule has 0 radical (unpaired) electrons. The summed E-state index contributed by atoms with van der Waals surface area (Å²) < 4.78 is 0. The van der Waals surface area contributed by atoms with Crippen molar-refractivity contribution in [1.29, 1.82) is 0 Å². The third kappa shape index (κ3) is 4.90. The number of halogens is 3. The third-order valence-electron chi connectivity index (χ3n) is 2.41. The van der Waals surface area contributed by atoms with Gasteiger partial charge in [-0.05, 0) is 24.6 Å². The van der Waals surface area contributed by atoms with Crippen molar-refractivity contribution in [3.05, 3.63) is 29.5 Å². The molecule has 0 aliphatic carbocycles. The molecule has 2 aromatic rings. The molecule has 1 N–H and O–H groups in total. The van der Waals surface area contributed by atoms with Crippen molar-refractivity contribution in [1.82, 2.24) is 10.2 Å². The molecule has 0 amide bonds. The SMILES string of the molecule is CCc1cc(CC)c2[nH]n[c-]c2c1.[Cl-].[Cl-].[Cl-].[Hf+4]. The van der Waals surface area contributed by atoms with Gasteiger partial charge in [0, 0.05) is 0 Å². The number of aromatic amines is 1. The molecular weight excluding hydrogens is 445 g/mol. The molecule has 0 unspecified atom stereocenters. The molecule has 0 spiro atoms. The summed E-state index contributed by atoms with van der Waals surface area (Å²) in [6.07, 6.45) is 5.08. The van der Waals surface area contributed by atoms with Gasteiger partial charge in [-0.1, -0.05) is 25.5 Å². The van der Waals surface area contributed by atoms with Gasteiger partial charge in [0.1, 0.15) is 0 Å². The topological polar surface area (TPSA) is 28.7 Å². The summed E-state index contributed by atoms with van der Waals surface area (Å²) in [5.74, 6) is 0. The van der Waals surface area contributed by atoms with Crippen molar-refractivity contribution >= 4 is 10.9 Å². The average Bonchev–Trinajstić information content (AvgIpc) is 2.63. The number of nitrogens with zero attached hydrogens (tertiary/aromatic N) is 1. The predicted molar refractivity (Wildman–Crippen MR) is 53.7 cm³/mol. The number of benzene rings is 1. The van der Waals surface area contributed by atoms with Crippen molar-refractivity contribution in [3.8, 4) is 0 Å². The van der Waals surface area contributed by atoms with Crippen LogP contribution in [-0.2, 0) is 38.7 Å². The van der Waals surface area contributed by atoms with Crippen LogP contribution in [0.2, 0.25) is 0 Å². The number of nitrogens with one attached hydrogen (secondary N) is 1. The van der Waals surface area contributed by atoms with E-state index in [1.54, 1.807) is 0 Å². The van der Waals surface area contributed by atoms with Gasteiger partial charge in [-0.25, -0.2) is 0 Å². The normalized spacial score (nSPS) is 8.35. The zero-order chi connectivity index (χ0) is 9.26. The molecule has 6 heteroatoms. The largest absolute Gasteiger partial charge is 4.00 e. The van der Waals surface area contributed by atoms with E-state index in [1.165, 1.54) is 11.1 Å². The van der Waals surface area contributed by atoms with Crippen LogP contribution < -0.4 is 37.2 Å². The number of H-pyrrole nitrogens is 1. The van der Waals surface area contributed by atoms with Crippen LogP contribution in [0.4, 0.5) is 0 Å². The molecule has 1 heterocycles. The summed E-state index contributed by atoms with van der Waals surface area (Å²) in [7, 11) is 0. The van der Waals surface area contributed by atoms with E-state index in [-0.39, 0.29) is 63.1 Å². The van der Waals surface area contributed by atoms with Crippen molar-refractivity contribution in [3.63, 3.8) is 0 Å². The maximum absolute atomic E-state index is 3.94. The molecule has 0 saturated carbocycles. The summed E-state index contributed by atoms with van der Waals surface area (Å²) in [5, 5.41) is 8.03. The minimum Gasteiger partial charge on any atom is -1.00 e. The second-order valence-electron chi connectivity index (χ2n) is 3.22. The maximum Gasteiger partial charge on any atom is 4.00 e. The van der Waals surface area contributed by atoms with Crippen molar-refractivity contribution < 1.29 is 63.1 Å². The summed E-state index contributed by atoms with van der Waals surface area (Å²) in [6, 6.07) is 4.40. The monoisotopic (exact) mass is 458 g/mol. The van der Waals surface area contributed by atoms with Gasteiger partial charge in [0.25, 0.3) is 0 Å². The maximum atomic E-state index is 3.94. The van der Waals surface area contributed by atoms with Gasteiger partial charge in [-0.15, -0.1) is 10.9 Å². The Hall–Kier alpha value is 0.430. The minimum absolute atomic E-state index is 0. The van der Waals surface area contributed by atoms with E-state index >= 15 is 0 Å². The number of hydrogen-bond donors (Lipinski definition) is 1. The van der Waals surface area contributed by atoms with Crippen molar-refractivity contribution in [2.45, 2.75) is 26.7 Å². The van der Waals surface area contributed by atoms with Crippen LogP contribution in [0.15, 0.2) is 12.1 Å². The van der Waals surface area contributed by atoms with E-state index in [9.17, 15) is 0 Å². The van der Waals surface area contributed by atoms with E-state index in [0.717, 1.165) is 23.7 Å². The van der Waals surface area contributed by atoms with Crippen LogP contribution in [0.3, 0.4) is 0 Å². The first-order chi connectivity index (χ1) is 6.35. The van der Waals surface area contributed by atoms with E-state index in [2.05, 4.69) is 42.4 Å². The average molecular weight is 458 g/mol. The fourth-order valence-electron chi connectivity index (χ4n) is 1.62. The Labute approximate surface area is 139 Å². The smallest absolute Gasteiger partial charge is 1.00 e. The van der Waals surface area contributed by atoms with Gasteiger partial charge < -0.3 is 42.3 Å². The van der Waals surface area contributed by atoms with Crippen LogP contribution >= 0.6 is 0 Å². The molecule has 92 valence electrons. The van der Waals surface area contributed by atoms with E-state index in [1.807, 2.05) is 0 Å². The molecule has 2 rings (SSSR count). The number of fused-ring (bicyclic) bond motifs is 1. The molecule has 0 saturated heterocycles. The van der Waals surface area contributed by atoms with Crippen molar-refractivity contribution in [2.24, 2.45) is 0 Å². The van der Waals surface area contributed by atoms with E-state index in [4.69, 9.17) is 0 Å². The van der Waals surface area contributed by atoms with Gasteiger partial charge in [0.15, 0.2) is 0 Å². The molecule has 0 aliphatic heterocycles. The molecule has 17 heavy (non-hydrogen) atoms. The fraction of sp³-hybridized carbons (Fsp3) is 0.364. The van der Waals surface area contributed by atoms with Gasteiger partial charge >= 0.3 is 25.8 Å². The molecule has 2 nitrogen and oxygen atoms in total. The molecule has 1 aromatic heterocycles. The predicted octanol–water partition coefficient (Wildman–Crippen LogP) is -6.50. The van der Waals surface area contributed by atoms with Crippen LogP contribution in [-0.4, -0.2) is 10.2 Å². The first-order valence-electron chi connectivity index (χ1n) is 4.72. The summed E-state index contributed by atoms with van der Waals surface area (Å²) in [6.45, 7) is 4.33. The molecule has 1 aromatic carbocycles. The summed E-state index contributed by atoms with van der Waals surface area (Å²) in [5.41, 5.74) is 3.84. The fourth-order valence-corrected chi connectivity index (χ4v) is 1.62. The Morgan fingerprint density at radius 3 is 2.29 bits per heavy atom. The van der Waals surface area contributed by atoms with Crippen LogP contribution in [0, 0.1) is 6.20 Å². The van der Waals surface area contributed by atoms with Crippen LogP contribution in [0.25, 0.3) is 10.9 Å². The summed E-state index contributed by atoms with van der Waals surface area (Å²) in [4.78, 5) is 0. The minimum atomic E-state index is 0. The van der Waals surface area contributed by atoms with Gasteiger partial charge in [-0.3, -0.25) is 5.10 Å². The van der Waals surface area contributed by atoms with Crippen molar-refractivity contribution in [2.75, 3.05) is 0 Å².